The number of hydrogen-bond donors (Lipinski definition) is 2. The van der Waals surface area contributed by atoms with Crippen LogP contribution in [0.15, 0.2) is 23.1 Å². The summed E-state index contributed by atoms with van der Waals surface area (Å²) in [5, 5.41) is 9.45. The van der Waals surface area contributed by atoms with Gasteiger partial charge in [0.05, 0.1) is 6.10 Å². The lowest BCUT2D eigenvalue weighted by Gasteiger charge is -2.33. The molecule has 0 bridgehead atoms. The van der Waals surface area contributed by atoms with Gasteiger partial charge in [-0.05, 0) is 25.7 Å². The van der Waals surface area contributed by atoms with Crippen LogP contribution in [0.2, 0.25) is 0 Å². The molecule has 0 aliphatic heterocycles. The minimum Gasteiger partial charge on any atom is -0.393 e. The molecule has 1 amide bonds. The monoisotopic (exact) mass is 250 g/mol. The molecule has 0 radical (unpaired) electrons. The molecule has 1 fully saturated rings. The lowest BCUT2D eigenvalue weighted by Crippen LogP contribution is -2.40. The van der Waals surface area contributed by atoms with E-state index in [9.17, 15) is 14.7 Å². The smallest absolute Gasteiger partial charge is 0.270 e. The van der Waals surface area contributed by atoms with E-state index in [-0.39, 0.29) is 23.5 Å². The Hall–Kier alpha value is -1.62. The lowest BCUT2D eigenvalue weighted by atomic mass is 9.92. The summed E-state index contributed by atoms with van der Waals surface area (Å²) in [5.74, 6) is -0.172. The lowest BCUT2D eigenvalue weighted by molar-refractivity contribution is 0.0564. The number of carbonyl (C=O) groups is 1. The fourth-order valence-corrected chi connectivity index (χ4v) is 2.37. The molecule has 0 unspecified atom stereocenters. The molecule has 1 heterocycles. The van der Waals surface area contributed by atoms with E-state index in [1.54, 1.807) is 11.9 Å². The van der Waals surface area contributed by atoms with E-state index >= 15 is 0 Å². The van der Waals surface area contributed by atoms with Gasteiger partial charge in [0.1, 0.15) is 5.69 Å². The van der Waals surface area contributed by atoms with Gasteiger partial charge in [0.25, 0.3) is 5.91 Å². The average Bonchev–Trinajstić information content (AvgIpc) is 2.38. The van der Waals surface area contributed by atoms with E-state index in [1.807, 2.05) is 0 Å². The molecule has 5 heteroatoms. The molecule has 98 valence electrons. The number of aliphatic hydroxyl groups excluding tert-OH is 1. The van der Waals surface area contributed by atoms with Crippen molar-refractivity contribution in [1.29, 1.82) is 0 Å². The normalized spacial score (nSPS) is 23.7. The third kappa shape index (κ3) is 2.79. The van der Waals surface area contributed by atoms with E-state index in [0.717, 1.165) is 25.7 Å². The highest BCUT2D eigenvalue weighted by Gasteiger charge is 2.26. The number of amides is 1. The van der Waals surface area contributed by atoms with Gasteiger partial charge in [0.15, 0.2) is 5.43 Å². The van der Waals surface area contributed by atoms with Crippen molar-refractivity contribution in [1.82, 2.24) is 9.88 Å². The van der Waals surface area contributed by atoms with Crippen LogP contribution in [-0.2, 0) is 0 Å². The molecule has 1 saturated carbocycles. The van der Waals surface area contributed by atoms with Gasteiger partial charge in [-0.2, -0.15) is 0 Å². The maximum Gasteiger partial charge on any atom is 0.270 e. The summed E-state index contributed by atoms with van der Waals surface area (Å²) in [5.41, 5.74) is 0.140. The predicted molar refractivity (Wildman–Crippen MR) is 67.4 cm³/mol. The summed E-state index contributed by atoms with van der Waals surface area (Å²) in [7, 11) is 1.75. The Morgan fingerprint density at radius 2 is 2.06 bits per heavy atom. The molecule has 0 saturated heterocycles. The summed E-state index contributed by atoms with van der Waals surface area (Å²) in [4.78, 5) is 27.8. The van der Waals surface area contributed by atoms with Crippen molar-refractivity contribution < 1.29 is 9.90 Å². The Morgan fingerprint density at radius 3 is 2.67 bits per heavy atom. The van der Waals surface area contributed by atoms with Crippen molar-refractivity contribution in [2.24, 2.45) is 0 Å². The minimum atomic E-state index is -0.235. The van der Waals surface area contributed by atoms with Crippen molar-refractivity contribution in [3.63, 3.8) is 0 Å². The zero-order chi connectivity index (χ0) is 13.1. The van der Waals surface area contributed by atoms with Gasteiger partial charge in [-0.25, -0.2) is 0 Å². The van der Waals surface area contributed by atoms with Crippen molar-refractivity contribution >= 4 is 5.91 Å². The number of nitrogens with zero attached hydrogens (tertiary/aromatic N) is 1. The van der Waals surface area contributed by atoms with Crippen LogP contribution < -0.4 is 5.43 Å². The second-order valence-electron chi connectivity index (χ2n) is 4.82. The number of H-pyrrole nitrogens is 1. The Labute approximate surface area is 105 Å². The van der Waals surface area contributed by atoms with Gasteiger partial charge in [0.2, 0.25) is 0 Å². The van der Waals surface area contributed by atoms with Crippen LogP contribution in [0, 0.1) is 0 Å². The Balaban J connectivity index is 2.07. The van der Waals surface area contributed by atoms with Gasteiger partial charge < -0.3 is 15.0 Å². The van der Waals surface area contributed by atoms with Crippen LogP contribution in [0.5, 0.6) is 0 Å². The fraction of sp³-hybridized carbons (Fsp3) is 0.538. The van der Waals surface area contributed by atoms with Crippen molar-refractivity contribution in [3.8, 4) is 0 Å². The number of aromatic amines is 1. The van der Waals surface area contributed by atoms with Crippen LogP contribution >= 0.6 is 0 Å². The molecule has 0 aromatic carbocycles. The fourth-order valence-electron chi connectivity index (χ4n) is 2.37. The van der Waals surface area contributed by atoms with E-state index < -0.39 is 0 Å². The number of pyridine rings is 1. The summed E-state index contributed by atoms with van der Waals surface area (Å²) in [6.45, 7) is 0. The van der Waals surface area contributed by atoms with Crippen molar-refractivity contribution in [2.75, 3.05) is 7.05 Å². The van der Waals surface area contributed by atoms with Gasteiger partial charge in [-0.3, -0.25) is 9.59 Å². The molecular formula is C13H18N2O3. The number of nitrogens with one attached hydrogen (secondary N) is 1. The van der Waals surface area contributed by atoms with Crippen LogP contribution in [-0.4, -0.2) is 40.1 Å². The first-order valence-corrected chi connectivity index (χ1v) is 6.22. The van der Waals surface area contributed by atoms with Crippen molar-refractivity contribution in [2.45, 2.75) is 37.8 Å². The van der Waals surface area contributed by atoms with Gasteiger partial charge in [-0.15, -0.1) is 0 Å². The largest absolute Gasteiger partial charge is 0.393 e. The van der Waals surface area contributed by atoms with Gasteiger partial charge >= 0.3 is 0 Å². The predicted octanol–water partition coefficient (Wildman–Crippen LogP) is 0.750. The Morgan fingerprint density at radius 1 is 1.39 bits per heavy atom. The van der Waals surface area contributed by atoms with Crippen molar-refractivity contribution in [3.05, 3.63) is 34.2 Å². The minimum absolute atomic E-state index is 0.143. The molecule has 18 heavy (non-hydrogen) atoms. The second-order valence-corrected chi connectivity index (χ2v) is 4.82. The quantitative estimate of drug-likeness (QED) is 0.813. The first-order valence-electron chi connectivity index (χ1n) is 6.22. The third-order valence-electron chi connectivity index (χ3n) is 3.54. The summed E-state index contributed by atoms with van der Waals surface area (Å²) in [6.07, 6.45) is 4.32. The average molecular weight is 250 g/mol. The number of rotatable bonds is 2. The van der Waals surface area contributed by atoms with Crippen LogP contribution in [0.3, 0.4) is 0 Å². The molecule has 2 rings (SSSR count). The summed E-state index contributed by atoms with van der Waals surface area (Å²) < 4.78 is 0. The van der Waals surface area contributed by atoms with Gasteiger partial charge in [-0.1, -0.05) is 0 Å². The maximum atomic E-state index is 12.2. The van der Waals surface area contributed by atoms with Crippen LogP contribution in [0.25, 0.3) is 0 Å². The van der Waals surface area contributed by atoms with Crippen LogP contribution in [0.1, 0.15) is 36.2 Å². The first kappa shape index (κ1) is 12.8. The highest BCUT2D eigenvalue weighted by molar-refractivity contribution is 5.92. The highest BCUT2D eigenvalue weighted by Crippen LogP contribution is 2.22. The highest BCUT2D eigenvalue weighted by atomic mass is 16.3. The molecular weight excluding hydrogens is 232 g/mol. The zero-order valence-electron chi connectivity index (χ0n) is 10.4. The topological polar surface area (TPSA) is 73.4 Å². The molecule has 1 aromatic rings. The molecule has 2 N–H and O–H groups in total. The SMILES string of the molecule is CN(C(=O)c1cc(=O)cc[nH]1)C1CCC(O)CC1. The molecule has 1 aliphatic carbocycles. The maximum absolute atomic E-state index is 12.2. The summed E-state index contributed by atoms with van der Waals surface area (Å²) in [6, 6.07) is 2.84. The molecule has 5 nitrogen and oxygen atoms in total. The number of aliphatic hydroxyl groups is 1. The third-order valence-corrected chi connectivity index (χ3v) is 3.54. The summed E-state index contributed by atoms with van der Waals surface area (Å²) >= 11 is 0. The van der Waals surface area contributed by atoms with Crippen LogP contribution in [0.4, 0.5) is 0 Å². The zero-order valence-corrected chi connectivity index (χ0v) is 10.4. The first-order chi connectivity index (χ1) is 8.58. The van der Waals surface area contributed by atoms with E-state index in [4.69, 9.17) is 0 Å². The molecule has 1 aromatic heterocycles. The Kier molecular flexibility index (Phi) is 3.81. The standard InChI is InChI=1S/C13H18N2O3/c1-15(9-2-4-10(16)5-3-9)13(18)12-8-11(17)6-7-14-12/h6-10,16H,2-5H2,1H3,(H,14,17). The van der Waals surface area contributed by atoms with E-state index in [1.165, 1.54) is 18.3 Å². The van der Waals surface area contributed by atoms with Gasteiger partial charge in [0, 0.05) is 31.4 Å². The second kappa shape index (κ2) is 5.35. The molecule has 0 spiro atoms. The molecule has 0 atom stereocenters. The number of aromatic nitrogens is 1. The number of carbonyl (C=O) groups excluding carboxylic acids is 1. The van der Waals surface area contributed by atoms with E-state index in [0.29, 0.717) is 5.69 Å². The molecule has 1 aliphatic rings. The van der Waals surface area contributed by atoms with E-state index in [2.05, 4.69) is 4.98 Å². The Bertz CT molecular complexity index is 475. The number of hydrogen-bond acceptors (Lipinski definition) is 3.